The molecule has 3 rings (SSSR count). The number of nitrogens with zero attached hydrogens (tertiary/aromatic N) is 2. The number of likely N-dealkylation sites (tertiary alicyclic amines) is 1. The fraction of sp³-hybridized carbons (Fsp3) is 0.862. The van der Waals surface area contributed by atoms with Crippen LogP contribution in [0.1, 0.15) is 103 Å². The van der Waals surface area contributed by atoms with Gasteiger partial charge in [-0.25, -0.2) is 8.42 Å². The number of unbranched alkanes of at least 4 members (excludes halogenated alkanes) is 7. The summed E-state index contributed by atoms with van der Waals surface area (Å²) in [6.07, 6.45) is 12.8. The molecule has 0 radical (unpaired) electrons. The molecule has 0 aromatic carbocycles. The van der Waals surface area contributed by atoms with E-state index in [0.717, 1.165) is 64.2 Å². The van der Waals surface area contributed by atoms with Crippen molar-refractivity contribution < 1.29 is 58.9 Å². The van der Waals surface area contributed by atoms with E-state index >= 15 is 0 Å². The molecule has 3 fully saturated rings. The monoisotopic (exact) mass is 809 g/mol. The second kappa shape index (κ2) is 19.7. The van der Waals surface area contributed by atoms with Crippen molar-refractivity contribution in [2.45, 2.75) is 115 Å². The van der Waals surface area contributed by atoms with Crippen LogP contribution in [0.5, 0.6) is 0 Å². The van der Waals surface area contributed by atoms with E-state index in [4.69, 9.17) is 11.5 Å². The van der Waals surface area contributed by atoms with Crippen LogP contribution in [0, 0.1) is 5.41 Å². The summed E-state index contributed by atoms with van der Waals surface area (Å²) in [5.41, 5.74) is 9.31. The zero-order valence-electron chi connectivity index (χ0n) is 25.3. The van der Waals surface area contributed by atoms with E-state index in [1.54, 1.807) is 4.90 Å². The Bertz CT molecular complexity index is 964. The second-order valence-electron chi connectivity index (χ2n) is 12.0. The molecule has 0 aromatic rings. The molecule has 0 unspecified atom stereocenters. The Hall–Kier alpha value is -1.56. The van der Waals surface area contributed by atoms with Crippen molar-refractivity contribution in [3.63, 3.8) is 0 Å². The van der Waals surface area contributed by atoms with Gasteiger partial charge in [-0.3, -0.25) is 9.59 Å². The number of rotatable bonds is 13. The van der Waals surface area contributed by atoms with Crippen molar-refractivity contribution in [3.8, 4) is 0 Å². The molecular formula is C29H50N4O8PtS. The number of aliphatic carboxylic acids is 2. The fourth-order valence-corrected chi connectivity index (χ4v) is 6.91. The minimum Gasteiger partial charge on any atom is -0.549 e. The summed E-state index contributed by atoms with van der Waals surface area (Å²) in [7, 11) is -2.97. The van der Waals surface area contributed by atoms with Gasteiger partial charge in [0.05, 0.1) is 28.9 Å². The zero-order chi connectivity index (χ0) is 31.2. The van der Waals surface area contributed by atoms with Gasteiger partial charge in [0, 0.05) is 51.1 Å². The summed E-state index contributed by atoms with van der Waals surface area (Å²) < 4.78 is 22.8. The maximum Gasteiger partial charge on any atom is 2.00 e. The van der Waals surface area contributed by atoms with Crippen molar-refractivity contribution in [1.82, 2.24) is 9.80 Å². The molecule has 2 aliphatic heterocycles. The molecule has 0 spiro atoms. The van der Waals surface area contributed by atoms with Crippen LogP contribution in [-0.4, -0.2) is 91.7 Å². The number of carboxylic acid groups (broad SMARTS) is 2. The van der Waals surface area contributed by atoms with E-state index < -0.39 is 27.2 Å². The van der Waals surface area contributed by atoms with Gasteiger partial charge in [-0.2, -0.15) is 0 Å². The predicted octanol–water partition coefficient (Wildman–Crippen LogP) is -0.534. The number of amides is 2. The van der Waals surface area contributed by atoms with Crippen molar-refractivity contribution in [2.75, 3.05) is 37.7 Å². The van der Waals surface area contributed by atoms with Crippen LogP contribution >= 0.6 is 0 Å². The topological polar surface area (TPSA) is 207 Å². The average Bonchev–Trinajstić information content (AvgIpc) is 2.95. The smallest absolute Gasteiger partial charge is 0.549 e. The third kappa shape index (κ3) is 13.5. The maximum atomic E-state index is 12.3. The Balaban J connectivity index is 0.000000885. The number of carbonyl (C=O) groups is 4. The molecule has 0 bridgehead atoms. The molecule has 250 valence electrons. The normalized spacial score (nSPS) is 22.8. The average molecular weight is 810 g/mol. The minimum atomic E-state index is -2.97. The van der Waals surface area contributed by atoms with Crippen molar-refractivity contribution >= 4 is 33.6 Å². The molecule has 1 aliphatic carbocycles. The van der Waals surface area contributed by atoms with Crippen LogP contribution < -0.4 is 21.7 Å². The van der Waals surface area contributed by atoms with Crippen molar-refractivity contribution in [1.29, 1.82) is 0 Å². The number of hydrogen-bond acceptors (Lipinski definition) is 10. The third-order valence-corrected chi connectivity index (χ3v) is 10.5. The standard InChI is InChI=1S/C23H38N2O8S.C6H14N2.Pt/c26-19(24-13-11-23(12-14-24,21(28)29)22(30)31)9-7-5-3-1-2-4-6-8-10-20(27)25-15-17-34(32,33)18-16-25;7-5-3-1-2-4-6(5)8;/h1-18H2,(H,28,29)(H,30,31);5-6H,1-4,7-8H2;/q;;+2/p-2/t;5-,6-;/m.1./s1. The van der Waals surface area contributed by atoms with Gasteiger partial charge in [0.15, 0.2) is 9.84 Å². The maximum absolute atomic E-state index is 12.3. The molecule has 0 aromatic heterocycles. The van der Waals surface area contributed by atoms with E-state index in [2.05, 4.69) is 0 Å². The summed E-state index contributed by atoms with van der Waals surface area (Å²) in [6.45, 7) is 0.782. The molecular weight excluding hydrogens is 759 g/mol. The fourth-order valence-electron chi connectivity index (χ4n) is 5.71. The summed E-state index contributed by atoms with van der Waals surface area (Å²) in [5.74, 6) is -3.21. The first-order valence-corrected chi connectivity index (χ1v) is 17.4. The number of nitrogens with two attached hydrogens (primary N) is 2. The summed E-state index contributed by atoms with van der Waals surface area (Å²) >= 11 is 0. The number of carboxylic acids is 2. The molecule has 14 heteroatoms. The third-order valence-electron chi connectivity index (χ3n) is 8.85. The Morgan fingerprint density at radius 3 is 1.35 bits per heavy atom. The van der Waals surface area contributed by atoms with Crippen LogP contribution in [0.4, 0.5) is 0 Å². The van der Waals surface area contributed by atoms with E-state index in [9.17, 15) is 37.8 Å². The number of hydrogen-bond donors (Lipinski definition) is 2. The molecule has 4 N–H and O–H groups in total. The summed E-state index contributed by atoms with van der Waals surface area (Å²) in [4.78, 5) is 50.0. The van der Waals surface area contributed by atoms with Crippen LogP contribution in [0.3, 0.4) is 0 Å². The molecule has 43 heavy (non-hydrogen) atoms. The van der Waals surface area contributed by atoms with Crippen LogP contribution in [0.15, 0.2) is 0 Å². The van der Waals surface area contributed by atoms with Gasteiger partial charge in [-0.05, 0) is 38.5 Å². The van der Waals surface area contributed by atoms with E-state index in [1.807, 2.05) is 0 Å². The minimum absolute atomic E-state index is 0. The van der Waals surface area contributed by atoms with Crippen LogP contribution in [0.2, 0.25) is 0 Å². The van der Waals surface area contributed by atoms with Gasteiger partial charge < -0.3 is 41.1 Å². The first-order valence-electron chi connectivity index (χ1n) is 15.6. The van der Waals surface area contributed by atoms with Gasteiger partial charge in [-0.1, -0.05) is 51.4 Å². The van der Waals surface area contributed by atoms with Gasteiger partial charge >= 0.3 is 21.1 Å². The number of carbonyl (C=O) groups excluding carboxylic acids is 4. The van der Waals surface area contributed by atoms with Crippen molar-refractivity contribution in [3.05, 3.63) is 0 Å². The number of sulfone groups is 1. The summed E-state index contributed by atoms with van der Waals surface area (Å²) in [5, 5.41) is 22.4. The molecule has 2 heterocycles. The van der Waals surface area contributed by atoms with E-state index in [1.165, 1.54) is 17.7 Å². The first-order chi connectivity index (χ1) is 19.9. The SMILES string of the molecule is N[C@@H]1CCCC[C@H]1N.O=C(CCCCCCCCCCC(=O)N1CCS(=O)(=O)CC1)N1CCC(C(=O)[O-])(C(=O)[O-])CC1.[Pt+2]. The van der Waals surface area contributed by atoms with Gasteiger partial charge in [0.25, 0.3) is 0 Å². The van der Waals surface area contributed by atoms with Crippen molar-refractivity contribution in [2.24, 2.45) is 16.9 Å². The second-order valence-corrected chi connectivity index (χ2v) is 14.3. The van der Waals surface area contributed by atoms with E-state index in [0.29, 0.717) is 25.9 Å². The molecule has 2 amide bonds. The molecule has 2 atom stereocenters. The predicted molar refractivity (Wildman–Crippen MR) is 154 cm³/mol. The largest absolute Gasteiger partial charge is 2.00 e. The molecule has 12 nitrogen and oxygen atoms in total. The molecule has 3 aliphatic rings. The van der Waals surface area contributed by atoms with Gasteiger partial charge in [0.1, 0.15) is 0 Å². The quantitative estimate of drug-likeness (QED) is 0.180. The van der Waals surface area contributed by atoms with Crippen LogP contribution in [0.25, 0.3) is 0 Å². The zero-order valence-corrected chi connectivity index (χ0v) is 28.3. The Labute approximate surface area is 270 Å². The molecule has 1 saturated carbocycles. The Kier molecular flexibility index (Phi) is 18.1. The molecule has 2 saturated heterocycles. The Morgan fingerprint density at radius 2 is 1.00 bits per heavy atom. The van der Waals surface area contributed by atoms with Crippen LogP contribution in [-0.2, 0) is 50.1 Å². The summed E-state index contributed by atoms with van der Waals surface area (Å²) in [6, 6.07) is 0.562. The number of piperidine rings is 1. The van der Waals surface area contributed by atoms with Gasteiger partial charge in [-0.15, -0.1) is 0 Å². The first kappa shape index (κ1) is 39.5. The Morgan fingerprint density at radius 1 is 0.651 bits per heavy atom. The van der Waals surface area contributed by atoms with Gasteiger partial charge in [0.2, 0.25) is 11.8 Å². The van der Waals surface area contributed by atoms with E-state index in [-0.39, 0.29) is 82.4 Å².